The van der Waals surface area contributed by atoms with Crippen LogP contribution in [0.15, 0.2) is 12.2 Å². The van der Waals surface area contributed by atoms with E-state index in [0.29, 0.717) is 6.42 Å². The highest BCUT2D eigenvalue weighted by atomic mass is 16.4. The van der Waals surface area contributed by atoms with Crippen molar-refractivity contribution in [3.05, 3.63) is 12.2 Å². The molecule has 20 heavy (non-hydrogen) atoms. The second-order valence-corrected chi connectivity index (χ2v) is 7.44. The van der Waals surface area contributed by atoms with E-state index in [1.54, 1.807) is 19.1 Å². The van der Waals surface area contributed by atoms with Crippen LogP contribution in [0.5, 0.6) is 0 Å². The summed E-state index contributed by atoms with van der Waals surface area (Å²) < 4.78 is 0. The van der Waals surface area contributed by atoms with Crippen LogP contribution in [0.3, 0.4) is 0 Å². The maximum atomic E-state index is 11.0. The van der Waals surface area contributed by atoms with E-state index in [1.807, 2.05) is 6.92 Å². The van der Waals surface area contributed by atoms with Crippen LogP contribution >= 0.6 is 0 Å². The molecule has 7 atom stereocenters. The standard InChI is InChI=1S/C15H24O5/c1-12(7-16)5-9-14(8-17)4-3-10(18)13(14,2)6-11(19)15(9,12)20/h3-4,9-11,16-20H,5-8H2,1-2H3/t9-,10-,11+,12-,13-,14+,15-/m1/s1. The van der Waals surface area contributed by atoms with Crippen LogP contribution in [0.2, 0.25) is 0 Å². The Labute approximate surface area is 118 Å². The highest BCUT2D eigenvalue weighted by molar-refractivity contribution is 5.34. The minimum Gasteiger partial charge on any atom is -0.396 e. The quantitative estimate of drug-likeness (QED) is 0.437. The second-order valence-electron chi connectivity index (χ2n) is 7.44. The number of fused-ring (bicyclic) bond motifs is 3. The van der Waals surface area contributed by atoms with Crippen LogP contribution in [0.25, 0.3) is 0 Å². The van der Waals surface area contributed by atoms with E-state index in [4.69, 9.17) is 0 Å². The topological polar surface area (TPSA) is 101 Å². The molecule has 0 spiro atoms. The molecule has 3 aliphatic rings. The van der Waals surface area contributed by atoms with Crippen molar-refractivity contribution in [3.8, 4) is 0 Å². The van der Waals surface area contributed by atoms with Crippen molar-refractivity contribution in [2.75, 3.05) is 13.2 Å². The fraction of sp³-hybridized carbons (Fsp3) is 0.867. The number of hydrogen-bond acceptors (Lipinski definition) is 5. The Morgan fingerprint density at radius 2 is 1.75 bits per heavy atom. The Kier molecular flexibility index (Phi) is 2.78. The van der Waals surface area contributed by atoms with Gasteiger partial charge in [0.2, 0.25) is 0 Å². The highest BCUT2D eigenvalue weighted by Crippen LogP contribution is 2.72. The zero-order valence-corrected chi connectivity index (χ0v) is 12.0. The third-order valence-electron chi connectivity index (χ3n) is 6.80. The largest absolute Gasteiger partial charge is 0.396 e. The lowest BCUT2D eigenvalue weighted by Crippen LogP contribution is -2.79. The molecule has 2 saturated carbocycles. The summed E-state index contributed by atoms with van der Waals surface area (Å²) in [6.45, 7) is 3.22. The first-order chi connectivity index (χ1) is 9.22. The van der Waals surface area contributed by atoms with Crippen molar-refractivity contribution >= 4 is 0 Å². The van der Waals surface area contributed by atoms with Gasteiger partial charge >= 0.3 is 0 Å². The van der Waals surface area contributed by atoms with E-state index >= 15 is 0 Å². The van der Waals surface area contributed by atoms with Gasteiger partial charge in [-0.1, -0.05) is 26.0 Å². The van der Waals surface area contributed by atoms with Gasteiger partial charge in [0.25, 0.3) is 0 Å². The Hall–Kier alpha value is -0.460. The maximum absolute atomic E-state index is 11.0. The zero-order valence-electron chi connectivity index (χ0n) is 12.0. The molecule has 0 bridgehead atoms. The molecule has 114 valence electrons. The lowest BCUT2D eigenvalue weighted by molar-refractivity contribution is -0.341. The molecule has 0 heterocycles. The molecule has 3 rings (SSSR count). The first-order valence-electron chi connectivity index (χ1n) is 7.21. The smallest absolute Gasteiger partial charge is 0.102 e. The molecule has 5 N–H and O–H groups in total. The molecule has 2 fully saturated rings. The number of rotatable bonds is 2. The van der Waals surface area contributed by atoms with Gasteiger partial charge in [-0.05, 0) is 12.8 Å². The summed E-state index contributed by atoms with van der Waals surface area (Å²) in [5, 5.41) is 51.3. The van der Waals surface area contributed by atoms with Crippen molar-refractivity contribution < 1.29 is 25.5 Å². The molecule has 0 amide bonds. The SMILES string of the molecule is C[C@]1(CO)C[C@H]2[C@@]1(O)[C@@H](O)C[C@]1(C)[C@H](O)C=C[C@]21CO. The first-order valence-corrected chi connectivity index (χ1v) is 7.21. The molecule has 5 nitrogen and oxygen atoms in total. The maximum Gasteiger partial charge on any atom is 0.102 e. The summed E-state index contributed by atoms with van der Waals surface area (Å²) in [5.74, 6) is -0.362. The van der Waals surface area contributed by atoms with Gasteiger partial charge in [-0.15, -0.1) is 0 Å². The molecule has 0 radical (unpaired) electrons. The van der Waals surface area contributed by atoms with Crippen LogP contribution in [-0.2, 0) is 0 Å². The Morgan fingerprint density at radius 3 is 2.30 bits per heavy atom. The summed E-state index contributed by atoms with van der Waals surface area (Å²) in [6, 6.07) is 0. The van der Waals surface area contributed by atoms with Crippen LogP contribution in [0.1, 0.15) is 26.7 Å². The van der Waals surface area contributed by atoms with E-state index in [1.165, 1.54) is 0 Å². The van der Waals surface area contributed by atoms with Crippen molar-refractivity contribution in [3.63, 3.8) is 0 Å². The molecule has 5 heteroatoms. The van der Waals surface area contributed by atoms with Gasteiger partial charge in [0.05, 0.1) is 25.4 Å². The molecule has 0 aromatic heterocycles. The van der Waals surface area contributed by atoms with Crippen LogP contribution < -0.4 is 0 Å². The van der Waals surface area contributed by atoms with Crippen molar-refractivity contribution in [2.45, 2.75) is 44.5 Å². The van der Waals surface area contributed by atoms with Gasteiger partial charge in [-0.25, -0.2) is 0 Å². The van der Waals surface area contributed by atoms with Crippen LogP contribution in [-0.4, -0.2) is 56.6 Å². The van der Waals surface area contributed by atoms with Crippen LogP contribution in [0.4, 0.5) is 0 Å². The first kappa shape index (κ1) is 14.5. The monoisotopic (exact) mass is 284 g/mol. The van der Waals surface area contributed by atoms with Crippen molar-refractivity contribution in [1.29, 1.82) is 0 Å². The van der Waals surface area contributed by atoms with Crippen molar-refractivity contribution in [1.82, 2.24) is 0 Å². The van der Waals surface area contributed by atoms with E-state index in [0.717, 1.165) is 0 Å². The lowest BCUT2D eigenvalue weighted by Gasteiger charge is -2.72. The van der Waals surface area contributed by atoms with Gasteiger partial charge in [0.15, 0.2) is 0 Å². The third-order valence-corrected chi connectivity index (χ3v) is 6.80. The average Bonchev–Trinajstić information content (AvgIpc) is 2.67. The fourth-order valence-corrected chi connectivity index (χ4v) is 5.13. The minimum absolute atomic E-state index is 0.182. The fourth-order valence-electron chi connectivity index (χ4n) is 5.13. The van der Waals surface area contributed by atoms with E-state index in [2.05, 4.69) is 0 Å². The summed E-state index contributed by atoms with van der Waals surface area (Å²) in [7, 11) is 0. The van der Waals surface area contributed by atoms with Crippen molar-refractivity contribution in [2.24, 2.45) is 22.2 Å². The molecule has 0 aromatic carbocycles. The Balaban J connectivity index is 2.10. The predicted molar refractivity (Wildman–Crippen MR) is 71.6 cm³/mol. The minimum atomic E-state index is -1.42. The number of aliphatic hydroxyl groups is 5. The molecule has 0 aromatic rings. The molecule has 0 unspecified atom stereocenters. The zero-order chi connectivity index (χ0) is 15.0. The summed E-state index contributed by atoms with van der Waals surface area (Å²) in [4.78, 5) is 0. The normalized spacial score (nSPS) is 60.9. The highest BCUT2D eigenvalue weighted by Gasteiger charge is 2.77. The predicted octanol–water partition coefficient (Wildman–Crippen LogP) is -0.584. The summed E-state index contributed by atoms with van der Waals surface area (Å²) in [5.41, 5.74) is -3.61. The van der Waals surface area contributed by atoms with Gasteiger partial charge in [0, 0.05) is 22.2 Å². The van der Waals surface area contributed by atoms with E-state index < -0.39 is 34.1 Å². The molecular formula is C15H24O5. The number of hydrogen-bond donors (Lipinski definition) is 5. The second kappa shape index (κ2) is 3.84. The number of aliphatic hydroxyl groups excluding tert-OH is 4. The van der Waals surface area contributed by atoms with E-state index in [9.17, 15) is 25.5 Å². The summed E-state index contributed by atoms with van der Waals surface area (Å²) >= 11 is 0. The molecular weight excluding hydrogens is 260 g/mol. The van der Waals surface area contributed by atoms with Gasteiger partial charge in [-0.2, -0.15) is 0 Å². The van der Waals surface area contributed by atoms with Gasteiger partial charge in [-0.3, -0.25) is 0 Å². The molecule has 0 saturated heterocycles. The average molecular weight is 284 g/mol. The lowest BCUT2D eigenvalue weighted by atomic mass is 9.35. The molecule has 0 aliphatic heterocycles. The van der Waals surface area contributed by atoms with Crippen LogP contribution in [0, 0.1) is 22.2 Å². The Bertz CT molecular complexity index is 465. The molecule has 3 aliphatic carbocycles. The summed E-state index contributed by atoms with van der Waals surface area (Å²) in [6.07, 6.45) is 2.42. The third kappa shape index (κ3) is 1.19. The van der Waals surface area contributed by atoms with E-state index in [-0.39, 0.29) is 25.6 Å². The van der Waals surface area contributed by atoms with Gasteiger partial charge < -0.3 is 25.5 Å². The Morgan fingerprint density at radius 1 is 1.10 bits per heavy atom. The van der Waals surface area contributed by atoms with Gasteiger partial charge in [0.1, 0.15) is 5.60 Å².